The Morgan fingerprint density at radius 3 is 2.45 bits per heavy atom. The van der Waals surface area contributed by atoms with Crippen LogP contribution >= 0.6 is 0 Å². The van der Waals surface area contributed by atoms with E-state index in [1.165, 1.54) is 24.5 Å². The van der Waals surface area contributed by atoms with Crippen LogP contribution in [0, 0.1) is 24.0 Å². The van der Waals surface area contributed by atoms with Gasteiger partial charge in [0.2, 0.25) is 5.91 Å². The minimum atomic E-state index is -4.82. The fourth-order valence-electron chi connectivity index (χ4n) is 4.10. The van der Waals surface area contributed by atoms with Gasteiger partial charge in [-0.05, 0) is 43.7 Å². The van der Waals surface area contributed by atoms with E-state index in [-0.39, 0.29) is 48.8 Å². The van der Waals surface area contributed by atoms with Crippen LogP contribution in [0.1, 0.15) is 40.2 Å². The van der Waals surface area contributed by atoms with Gasteiger partial charge in [0.1, 0.15) is 17.5 Å². The largest absolute Gasteiger partial charge is 0.418 e. The zero-order valence-corrected chi connectivity index (χ0v) is 20.2. The van der Waals surface area contributed by atoms with Crippen LogP contribution in [0.25, 0.3) is 0 Å². The highest BCUT2D eigenvalue weighted by molar-refractivity contribution is 5.99. The SMILES string of the molecule is Cc1ncc(C(=O)C[C@@]2(C(=O)NCc3ccc(Nc4ccc(F)cc4C(F)(F)F)cc3F)CCOC2)cn1. The zero-order chi connectivity index (χ0) is 27.5. The van der Waals surface area contributed by atoms with Gasteiger partial charge in [-0.25, -0.2) is 18.7 Å². The number of rotatable bonds is 8. The highest BCUT2D eigenvalue weighted by Gasteiger charge is 2.44. The number of alkyl halides is 3. The summed E-state index contributed by atoms with van der Waals surface area (Å²) in [6, 6.07) is 5.74. The molecule has 0 bridgehead atoms. The predicted molar refractivity (Wildman–Crippen MR) is 127 cm³/mol. The lowest BCUT2D eigenvalue weighted by Gasteiger charge is -2.25. The maximum absolute atomic E-state index is 14.8. The molecular weight excluding hydrogens is 511 g/mol. The molecular formula is C26H23F5N4O3. The lowest BCUT2D eigenvalue weighted by atomic mass is 9.80. The molecule has 38 heavy (non-hydrogen) atoms. The van der Waals surface area contributed by atoms with Crippen molar-refractivity contribution in [1.29, 1.82) is 0 Å². The van der Waals surface area contributed by atoms with E-state index in [2.05, 4.69) is 20.6 Å². The molecule has 2 N–H and O–H groups in total. The fraction of sp³-hybridized carbons (Fsp3) is 0.308. The van der Waals surface area contributed by atoms with E-state index in [9.17, 15) is 31.5 Å². The molecule has 0 spiro atoms. The molecule has 0 unspecified atom stereocenters. The maximum atomic E-state index is 14.8. The number of nitrogens with one attached hydrogen (secondary N) is 2. The van der Waals surface area contributed by atoms with Gasteiger partial charge in [0.25, 0.3) is 0 Å². The smallest absolute Gasteiger partial charge is 0.380 e. The molecule has 0 saturated carbocycles. The van der Waals surface area contributed by atoms with Gasteiger partial charge < -0.3 is 15.4 Å². The van der Waals surface area contributed by atoms with E-state index >= 15 is 0 Å². The summed E-state index contributed by atoms with van der Waals surface area (Å²) < 4.78 is 73.2. The Labute approximate surface area is 214 Å². The Morgan fingerprint density at radius 1 is 1.08 bits per heavy atom. The number of halogens is 5. The van der Waals surface area contributed by atoms with Gasteiger partial charge in [0.15, 0.2) is 5.78 Å². The highest BCUT2D eigenvalue weighted by Crippen LogP contribution is 2.37. The number of ether oxygens (including phenoxy) is 1. The summed E-state index contributed by atoms with van der Waals surface area (Å²) in [5, 5.41) is 5.09. The number of anilines is 2. The molecule has 0 aliphatic carbocycles. The van der Waals surface area contributed by atoms with Gasteiger partial charge in [0, 0.05) is 43.2 Å². The van der Waals surface area contributed by atoms with Gasteiger partial charge >= 0.3 is 6.18 Å². The van der Waals surface area contributed by atoms with Gasteiger partial charge in [-0.1, -0.05) is 6.07 Å². The molecule has 4 rings (SSSR count). The van der Waals surface area contributed by atoms with Crippen LogP contribution in [0.4, 0.5) is 33.3 Å². The third-order valence-corrected chi connectivity index (χ3v) is 6.25. The third-order valence-electron chi connectivity index (χ3n) is 6.25. The molecule has 7 nitrogen and oxygen atoms in total. The van der Waals surface area contributed by atoms with Crippen LogP contribution in [-0.2, 0) is 22.3 Å². The molecule has 1 atom stereocenters. The van der Waals surface area contributed by atoms with Crippen molar-refractivity contribution >= 4 is 23.1 Å². The van der Waals surface area contributed by atoms with E-state index in [0.717, 1.165) is 18.2 Å². The van der Waals surface area contributed by atoms with Crippen molar-refractivity contribution in [3.63, 3.8) is 0 Å². The highest BCUT2D eigenvalue weighted by atomic mass is 19.4. The number of hydrogen-bond acceptors (Lipinski definition) is 6. The molecule has 1 amide bonds. The first kappa shape index (κ1) is 27.1. The van der Waals surface area contributed by atoms with Crippen molar-refractivity contribution < 1.29 is 36.3 Å². The summed E-state index contributed by atoms with van der Waals surface area (Å²) in [6.45, 7) is 1.75. The van der Waals surface area contributed by atoms with Crippen molar-refractivity contribution in [3.05, 3.63) is 82.9 Å². The number of ketones is 1. The number of carbonyl (C=O) groups excluding carboxylic acids is 2. The Morgan fingerprint density at radius 2 is 1.82 bits per heavy atom. The summed E-state index contributed by atoms with van der Waals surface area (Å²) in [5.41, 5.74) is -2.47. The van der Waals surface area contributed by atoms with E-state index in [0.29, 0.717) is 18.3 Å². The predicted octanol–water partition coefficient (Wildman–Crippen LogP) is 5.12. The number of nitrogens with zero attached hydrogens (tertiary/aromatic N) is 2. The van der Waals surface area contributed by atoms with Crippen LogP contribution in [-0.4, -0.2) is 34.9 Å². The second-order valence-electron chi connectivity index (χ2n) is 9.00. The van der Waals surface area contributed by atoms with Gasteiger partial charge in [-0.15, -0.1) is 0 Å². The Hall–Kier alpha value is -3.93. The van der Waals surface area contributed by atoms with Crippen LogP contribution in [0.2, 0.25) is 0 Å². The molecule has 12 heteroatoms. The lowest BCUT2D eigenvalue weighted by Crippen LogP contribution is -2.42. The minimum absolute atomic E-state index is 0.00117. The molecule has 2 aromatic carbocycles. The second kappa shape index (κ2) is 10.8. The van der Waals surface area contributed by atoms with Crippen LogP contribution in [0.15, 0.2) is 48.8 Å². The number of hydrogen-bond donors (Lipinski definition) is 2. The van der Waals surface area contributed by atoms with Crippen molar-refractivity contribution in [3.8, 4) is 0 Å². The maximum Gasteiger partial charge on any atom is 0.418 e. The molecule has 1 aromatic heterocycles. The number of benzene rings is 2. The summed E-state index contributed by atoms with van der Waals surface area (Å²) >= 11 is 0. The first-order valence-corrected chi connectivity index (χ1v) is 11.6. The second-order valence-corrected chi connectivity index (χ2v) is 9.00. The minimum Gasteiger partial charge on any atom is -0.380 e. The first-order valence-electron chi connectivity index (χ1n) is 11.6. The van der Waals surface area contributed by atoms with E-state index in [4.69, 9.17) is 4.74 Å². The Kier molecular flexibility index (Phi) is 7.72. The first-order chi connectivity index (χ1) is 18.0. The molecule has 1 saturated heterocycles. The summed E-state index contributed by atoms with van der Waals surface area (Å²) in [5.74, 6) is -2.15. The molecule has 0 radical (unpaired) electrons. The van der Waals surface area contributed by atoms with Crippen LogP contribution < -0.4 is 10.6 Å². The van der Waals surface area contributed by atoms with Crippen molar-refractivity contribution in [2.45, 2.75) is 32.5 Å². The number of amides is 1. The van der Waals surface area contributed by atoms with E-state index in [1.807, 2.05) is 0 Å². The van der Waals surface area contributed by atoms with E-state index < -0.39 is 40.4 Å². The van der Waals surface area contributed by atoms with Crippen LogP contribution in [0.5, 0.6) is 0 Å². The average Bonchev–Trinajstić information content (AvgIpc) is 3.34. The summed E-state index contributed by atoms with van der Waals surface area (Å²) in [7, 11) is 0. The molecule has 1 aliphatic heterocycles. The lowest BCUT2D eigenvalue weighted by molar-refractivity contribution is -0.137. The number of aryl methyl sites for hydroxylation is 1. The number of aromatic nitrogens is 2. The number of Topliss-reactive ketones (excluding diaryl/α,β-unsaturated/α-hetero) is 1. The molecule has 200 valence electrons. The van der Waals surface area contributed by atoms with Crippen molar-refractivity contribution in [2.75, 3.05) is 18.5 Å². The Bertz CT molecular complexity index is 1340. The standard InChI is InChI=1S/C26H23F5N4O3/c1-15-32-12-17(13-33-15)23(36)10-25(6-7-38-14-25)24(37)34-11-16-2-4-19(9-21(16)28)35-22-5-3-18(27)8-20(22)26(29,30)31/h2-5,8-9,12-13,35H,6-7,10-11,14H2,1H3,(H,34,37)/t25-/m0/s1. The fourth-order valence-corrected chi connectivity index (χ4v) is 4.10. The zero-order valence-electron chi connectivity index (χ0n) is 20.2. The summed E-state index contributed by atoms with van der Waals surface area (Å²) in [6.07, 6.45) is -1.89. The van der Waals surface area contributed by atoms with Crippen LogP contribution in [0.3, 0.4) is 0 Å². The molecule has 3 aromatic rings. The normalized spacial score (nSPS) is 17.3. The van der Waals surface area contributed by atoms with Gasteiger partial charge in [0.05, 0.1) is 28.8 Å². The van der Waals surface area contributed by atoms with Crippen molar-refractivity contribution in [1.82, 2.24) is 15.3 Å². The van der Waals surface area contributed by atoms with Gasteiger partial charge in [-0.2, -0.15) is 13.2 Å². The van der Waals surface area contributed by atoms with E-state index in [1.54, 1.807) is 6.92 Å². The number of carbonyl (C=O) groups is 2. The molecule has 2 heterocycles. The summed E-state index contributed by atoms with van der Waals surface area (Å²) in [4.78, 5) is 33.9. The van der Waals surface area contributed by atoms with Gasteiger partial charge in [-0.3, -0.25) is 9.59 Å². The topological polar surface area (TPSA) is 93.2 Å². The quantitative estimate of drug-likeness (QED) is 0.308. The van der Waals surface area contributed by atoms with Crippen molar-refractivity contribution in [2.24, 2.45) is 5.41 Å². The Balaban J connectivity index is 1.44. The molecule has 1 fully saturated rings. The average molecular weight is 534 g/mol. The molecule has 1 aliphatic rings. The third kappa shape index (κ3) is 6.13. The monoisotopic (exact) mass is 534 g/mol.